The maximum absolute atomic E-state index is 11.7. The predicted molar refractivity (Wildman–Crippen MR) is 141 cm³/mol. The summed E-state index contributed by atoms with van der Waals surface area (Å²) in [4.78, 5) is 14.9. The summed E-state index contributed by atoms with van der Waals surface area (Å²) in [7, 11) is 0. The normalized spacial score (nSPS) is 12.6. The highest BCUT2D eigenvalue weighted by Crippen LogP contribution is 2.19. The first-order chi connectivity index (χ1) is 16.2. The van der Waals surface area contributed by atoms with Crippen LogP contribution < -0.4 is 5.32 Å². The fraction of sp³-hybridized carbons (Fsp3) is 0.621. The predicted octanol–water partition coefficient (Wildman–Crippen LogP) is 7.79. The summed E-state index contributed by atoms with van der Waals surface area (Å²) in [5.41, 5.74) is 2.12. The van der Waals surface area contributed by atoms with Gasteiger partial charge in [0.15, 0.2) is 0 Å². The van der Waals surface area contributed by atoms with E-state index in [1.165, 1.54) is 83.5 Å². The van der Waals surface area contributed by atoms with Crippen LogP contribution in [0.25, 0.3) is 10.9 Å². The molecule has 1 heterocycles. The second-order valence-corrected chi connectivity index (χ2v) is 9.35. The summed E-state index contributed by atoms with van der Waals surface area (Å²) in [5, 5.41) is 14.0. The number of hydrogen-bond donors (Lipinski definition) is 3. The number of aromatic nitrogens is 1. The number of carboxylic acids is 1. The Balaban J connectivity index is 1.45. The zero-order chi connectivity index (χ0) is 23.6. The molecule has 0 spiro atoms. The number of nitrogens with one attached hydrogen (secondary N) is 2. The van der Waals surface area contributed by atoms with E-state index in [9.17, 15) is 9.90 Å². The van der Waals surface area contributed by atoms with Crippen molar-refractivity contribution < 1.29 is 9.90 Å². The van der Waals surface area contributed by atoms with Crippen LogP contribution in [0.4, 0.5) is 0 Å². The molecular formula is C29H46N2O2. The lowest BCUT2D eigenvalue weighted by molar-refractivity contribution is -0.139. The summed E-state index contributed by atoms with van der Waals surface area (Å²) >= 11 is 0. The van der Waals surface area contributed by atoms with Gasteiger partial charge in [0, 0.05) is 23.5 Å². The first-order valence-corrected chi connectivity index (χ1v) is 13.4. The highest BCUT2D eigenvalue weighted by Gasteiger charge is 2.18. The van der Waals surface area contributed by atoms with Crippen LogP contribution in [0, 0.1) is 0 Å². The van der Waals surface area contributed by atoms with Gasteiger partial charge in [-0.2, -0.15) is 0 Å². The Kier molecular flexibility index (Phi) is 14.3. The lowest BCUT2D eigenvalue weighted by atomic mass is 10.0. The number of aliphatic carboxylic acids is 1. The van der Waals surface area contributed by atoms with E-state index in [4.69, 9.17) is 0 Å². The van der Waals surface area contributed by atoms with Gasteiger partial charge in [-0.05, 0) is 50.3 Å². The average Bonchev–Trinajstić information content (AvgIpc) is 3.23. The maximum atomic E-state index is 11.7. The average molecular weight is 455 g/mol. The van der Waals surface area contributed by atoms with Crippen LogP contribution in [0.1, 0.15) is 102 Å². The Morgan fingerprint density at radius 2 is 1.52 bits per heavy atom. The largest absolute Gasteiger partial charge is 0.480 e. The molecule has 1 aromatic heterocycles. The molecule has 184 valence electrons. The zero-order valence-electron chi connectivity index (χ0n) is 20.8. The molecule has 3 N–H and O–H groups in total. The summed E-state index contributed by atoms with van der Waals surface area (Å²) in [6, 6.07) is 7.52. The molecule has 0 saturated carbocycles. The molecule has 0 saturated heterocycles. The lowest BCUT2D eigenvalue weighted by Gasteiger charge is -2.14. The van der Waals surface area contributed by atoms with Gasteiger partial charge in [0.05, 0.1) is 0 Å². The second kappa shape index (κ2) is 17.4. The van der Waals surface area contributed by atoms with Crippen LogP contribution in [0.3, 0.4) is 0 Å². The van der Waals surface area contributed by atoms with E-state index in [1.54, 1.807) is 0 Å². The number of H-pyrrole nitrogens is 1. The molecule has 33 heavy (non-hydrogen) atoms. The van der Waals surface area contributed by atoms with Crippen molar-refractivity contribution in [1.82, 2.24) is 10.3 Å². The quantitative estimate of drug-likeness (QED) is 0.141. The number of rotatable bonds is 20. The van der Waals surface area contributed by atoms with Crippen molar-refractivity contribution in [2.75, 3.05) is 6.54 Å². The van der Waals surface area contributed by atoms with Crippen LogP contribution >= 0.6 is 0 Å². The minimum absolute atomic E-state index is 0.506. The van der Waals surface area contributed by atoms with Gasteiger partial charge in [0.1, 0.15) is 6.04 Å². The van der Waals surface area contributed by atoms with Crippen LogP contribution in [0.2, 0.25) is 0 Å². The molecule has 0 aliphatic carbocycles. The van der Waals surface area contributed by atoms with E-state index < -0.39 is 12.0 Å². The molecule has 0 aliphatic heterocycles. The molecule has 4 nitrogen and oxygen atoms in total. The van der Waals surface area contributed by atoms with Crippen LogP contribution in [-0.4, -0.2) is 28.6 Å². The van der Waals surface area contributed by atoms with Gasteiger partial charge in [-0.15, -0.1) is 0 Å². The number of hydrogen-bond acceptors (Lipinski definition) is 2. The third-order valence-electron chi connectivity index (χ3n) is 6.48. The van der Waals surface area contributed by atoms with Crippen molar-refractivity contribution in [1.29, 1.82) is 0 Å². The number of para-hydroxylation sites is 1. The summed E-state index contributed by atoms with van der Waals surface area (Å²) in [6.07, 6.45) is 25.2. The van der Waals surface area contributed by atoms with Gasteiger partial charge < -0.3 is 15.4 Å². The molecule has 2 rings (SSSR count). The van der Waals surface area contributed by atoms with E-state index >= 15 is 0 Å². The molecule has 0 amide bonds. The number of carboxylic acid groups (broad SMARTS) is 1. The van der Waals surface area contributed by atoms with Gasteiger partial charge in [0.25, 0.3) is 0 Å². The Morgan fingerprint density at radius 1 is 0.909 bits per heavy atom. The number of carbonyl (C=O) groups is 1. The third kappa shape index (κ3) is 11.6. The SMILES string of the molecule is CCCCCCCCC=CCCCCCCCCNC(Cc1c[nH]c2ccccc12)C(=O)O. The molecule has 4 heteroatoms. The lowest BCUT2D eigenvalue weighted by Crippen LogP contribution is -2.39. The summed E-state index contributed by atoms with van der Waals surface area (Å²) < 4.78 is 0. The molecule has 1 aromatic carbocycles. The molecule has 0 fully saturated rings. The smallest absolute Gasteiger partial charge is 0.321 e. The fourth-order valence-electron chi connectivity index (χ4n) is 4.42. The van der Waals surface area contributed by atoms with Gasteiger partial charge >= 0.3 is 5.97 Å². The van der Waals surface area contributed by atoms with Crippen LogP contribution in [-0.2, 0) is 11.2 Å². The third-order valence-corrected chi connectivity index (χ3v) is 6.48. The molecule has 1 unspecified atom stereocenters. The number of unbranched alkanes of at least 4 members (excludes halogenated alkanes) is 12. The zero-order valence-corrected chi connectivity index (χ0v) is 20.8. The minimum atomic E-state index is -0.773. The number of fused-ring (bicyclic) bond motifs is 1. The van der Waals surface area contributed by atoms with Crippen molar-refractivity contribution >= 4 is 16.9 Å². The van der Waals surface area contributed by atoms with Crippen molar-refractivity contribution in [3.8, 4) is 0 Å². The second-order valence-electron chi connectivity index (χ2n) is 9.35. The molecule has 0 aliphatic rings. The molecule has 2 aromatic rings. The molecular weight excluding hydrogens is 408 g/mol. The number of allylic oxidation sites excluding steroid dienone is 2. The first-order valence-electron chi connectivity index (χ1n) is 13.4. The molecule has 0 bridgehead atoms. The Hall–Kier alpha value is -2.07. The standard InChI is InChI=1S/C29H46N2O2/c1-2-3-4-5-6-7-8-9-10-11-12-13-14-15-16-19-22-30-28(29(32)33)23-25-24-31-27-21-18-17-20-26(25)27/h9-10,17-18,20-21,24,28,30-31H,2-8,11-16,19,22-23H2,1H3,(H,32,33). The highest BCUT2D eigenvalue weighted by atomic mass is 16.4. The Bertz CT molecular complexity index is 796. The highest BCUT2D eigenvalue weighted by molar-refractivity contribution is 5.84. The van der Waals surface area contributed by atoms with Crippen molar-refractivity contribution in [2.45, 2.75) is 109 Å². The number of aromatic amines is 1. The first kappa shape index (κ1) is 27.2. The Morgan fingerprint density at radius 3 is 2.18 bits per heavy atom. The van der Waals surface area contributed by atoms with E-state index in [0.717, 1.165) is 29.4 Å². The van der Waals surface area contributed by atoms with Crippen LogP contribution in [0.15, 0.2) is 42.6 Å². The van der Waals surface area contributed by atoms with Crippen molar-refractivity contribution in [3.63, 3.8) is 0 Å². The van der Waals surface area contributed by atoms with Crippen molar-refractivity contribution in [3.05, 3.63) is 48.2 Å². The molecule has 1 atom stereocenters. The van der Waals surface area contributed by atoms with Crippen molar-refractivity contribution in [2.24, 2.45) is 0 Å². The monoisotopic (exact) mass is 454 g/mol. The van der Waals surface area contributed by atoms with Gasteiger partial charge in [-0.1, -0.05) is 95.1 Å². The number of benzene rings is 1. The van der Waals surface area contributed by atoms with E-state index in [0.29, 0.717) is 6.42 Å². The maximum Gasteiger partial charge on any atom is 0.321 e. The topological polar surface area (TPSA) is 65.1 Å². The molecule has 0 radical (unpaired) electrons. The van der Waals surface area contributed by atoms with Gasteiger partial charge in [0.2, 0.25) is 0 Å². The summed E-state index contributed by atoms with van der Waals surface area (Å²) in [6.45, 7) is 3.03. The minimum Gasteiger partial charge on any atom is -0.480 e. The van der Waals surface area contributed by atoms with E-state index in [1.807, 2.05) is 30.5 Å². The Labute approximate surface area is 201 Å². The van der Waals surface area contributed by atoms with Gasteiger partial charge in [-0.3, -0.25) is 4.79 Å². The fourth-order valence-corrected chi connectivity index (χ4v) is 4.42. The van der Waals surface area contributed by atoms with Gasteiger partial charge in [-0.25, -0.2) is 0 Å². The van der Waals surface area contributed by atoms with E-state index in [-0.39, 0.29) is 0 Å². The summed E-state index contributed by atoms with van der Waals surface area (Å²) in [5.74, 6) is -0.773. The van der Waals surface area contributed by atoms with Crippen LogP contribution in [0.5, 0.6) is 0 Å². The van der Waals surface area contributed by atoms with E-state index in [2.05, 4.69) is 29.4 Å².